The van der Waals surface area contributed by atoms with Gasteiger partial charge in [0.15, 0.2) is 5.82 Å². The van der Waals surface area contributed by atoms with Crippen molar-refractivity contribution in [3.05, 3.63) is 24.4 Å². The topological polar surface area (TPSA) is 80.4 Å². The zero-order valence-electron chi connectivity index (χ0n) is 11.9. The molecule has 0 radical (unpaired) electrons. The number of nitrogens with zero attached hydrogens (tertiary/aromatic N) is 2. The third kappa shape index (κ3) is 5.03. The van der Waals surface area contributed by atoms with Crippen molar-refractivity contribution in [3.63, 3.8) is 0 Å². The van der Waals surface area contributed by atoms with E-state index in [1.54, 1.807) is 0 Å². The molecule has 3 atom stereocenters. The maximum Gasteiger partial charge on any atom is 0.213 e. The van der Waals surface area contributed by atoms with Crippen molar-refractivity contribution < 1.29 is 14.4 Å². The minimum absolute atomic E-state index is 0.353. The van der Waals surface area contributed by atoms with E-state index in [9.17, 15) is 5.11 Å². The summed E-state index contributed by atoms with van der Waals surface area (Å²) in [7, 11) is 0. The van der Waals surface area contributed by atoms with E-state index in [0.29, 0.717) is 44.0 Å². The van der Waals surface area contributed by atoms with Crippen LogP contribution in [0.1, 0.15) is 25.6 Å². The Labute approximate surface area is 119 Å². The van der Waals surface area contributed by atoms with Gasteiger partial charge in [0.25, 0.3) is 0 Å². The number of hydrogen-bond acceptors (Lipinski definition) is 6. The SMILES string of the molecule is CC1CC=CCC1COCC(O)CNCc1ncon1. The normalized spacial score (nSPS) is 23.9. The van der Waals surface area contributed by atoms with Gasteiger partial charge < -0.3 is 19.7 Å². The minimum Gasteiger partial charge on any atom is -0.389 e. The van der Waals surface area contributed by atoms with Gasteiger partial charge in [0, 0.05) is 6.54 Å². The summed E-state index contributed by atoms with van der Waals surface area (Å²) < 4.78 is 10.2. The van der Waals surface area contributed by atoms with Gasteiger partial charge in [-0.3, -0.25) is 0 Å². The summed E-state index contributed by atoms with van der Waals surface area (Å²) >= 11 is 0. The number of hydrogen-bond donors (Lipinski definition) is 2. The lowest BCUT2D eigenvalue weighted by molar-refractivity contribution is 0.0127. The van der Waals surface area contributed by atoms with Gasteiger partial charge in [-0.05, 0) is 24.7 Å². The van der Waals surface area contributed by atoms with Crippen molar-refractivity contribution in [2.45, 2.75) is 32.4 Å². The van der Waals surface area contributed by atoms with Gasteiger partial charge in [-0.15, -0.1) is 0 Å². The molecule has 0 aliphatic heterocycles. The summed E-state index contributed by atoms with van der Waals surface area (Å²) in [5.41, 5.74) is 0. The van der Waals surface area contributed by atoms with Gasteiger partial charge in [-0.2, -0.15) is 4.98 Å². The van der Waals surface area contributed by atoms with Gasteiger partial charge in [0.1, 0.15) is 0 Å². The molecule has 2 rings (SSSR count). The lowest BCUT2D eigenvalue weighted by atomic mass is 9.85. The van der Waals surface area contributed by atoms with Crippen molar-refractivity contribution >= 4 is 0 Å². The molecule has 0 saturated heterocycles. The Morgan fingerprint density at radius 1 is 1.50 bits per heavy atom. The van der Waals surface area contributed by atoms with E-state index < -0.39 is 6.10 Å². The van der Waals surface area contributed by atoms with Crippen LogP contribution >= 0.6 is 0 Å². The zero-order valence-corrected chi connectivity index (χ0v) is 11.9. The average Bonchev–Trinajstić information content (AvgIpc) is 2.94. The predicted molar refractivity (Wildman–Crippen MR) is 73.9 cm³/mol. The Morgan fingerprint density at radius 2 is 2.35 bits per heavy atom. The highest BCUT2D eigenvalue weighted by molar-refractivity contribution is 4.93. The van der Waals surface area contributed by atoms with Crippen molar-refractivity contribution in [2.24, 2.45) is 11.8 Å². The number of rotatable bonds is 8. The lowest BCUT2D eigenvalue weighted by Crippen LogP contribution is -2.31. The molecule has 6 heteroatoms. The largest absolute Gasteiger partial charge is 0.389 e. The molecule has 0 spiro atoms. The van der Waals surface area contributed by atoms with Crippen LogP contribution in [0.2, 0.25) is 0 Å². The molecule has 0 saturated carbocycles. The van der Waals surface area contributed by atoms with Crippen molar-refractivity contribution in [3.8, 4) is 0 Å². The highest BCUT2D eigenvalue weighted by atomic mass is 16.5. The van der Waals surface area contributed by atoms with Crippen LogP contribution < -0.4 is 5.32 Å². The third-order valence-electron chi connectivity index (χ3n) is 3.63. The van der Waals surface area contributed by atoms with Crippen LogP contribution in [0.25, 0.3) is 0 Å². The first-order valence-corrected chi connectivity index (χ1v) is 7.12. The standard InChI is InChI=1S/C14H23N3O3/c1-11-4-2-3-5-12(11)8-19-9-13(18)6-15-7-14-16-10-20-17-14/h2-3,10-13,15,18H,4-9H2,1H3. The maximum atomic E-state index is 9.81. The highest BCUT2D eigenvalue weighted by Crippen LogP contribution is 2.24. The smallest absolute Gasteiger partial charge is 0.213 e. The molecule has 0 bridgehead atoms. The van der Waals surface area contributed by atoms with E-state index >= 15 is 0 Å². The number of aliphatic hydroxyl groups excluding tert-OH is 1. The molecule has 0 aromatic carbocycles. The monoisotopic (exact) mass is 281 g/mol. The van der Waals surface area contributed by atoms with E-state index in [-0.39, 0.29) is 0 Å². The Balaban J connectivity index is 1.53. The Bertz CT molecular complexity index is 394. The molecule has 0 fully saturated rings. The lowest BCUT2D eigenvalue weighted by Gasteiger charge is -2.25. The van der Waals surface area contributed by atoms with E-state index in [4.69, 9.17) is 4.74 Å². The van der Waals surface area contributed by atoms with Gasteiger partial charge in [-0.1, -0.05) is 24.2 Å². The quantitative estimate of drug-likeness (QED) is 0.696. The van der Waals surface area contributed by atoms with Crippen LogP contribution in [-0.4, -0.2) is 41.1 Å². The summed E-state index contributed by atoms with van der Waals surface area (Å²) in [6.07, 6.45) is 7.43. The fraction of sp³-hybridized carbons (Fsp3) is 0.714. The summed E-state index contributed by atoms with van der Waals surface area (Å²) in [6, 6.07) is 0. The number of nitrogens with one attached hydrogen (secondary N) is 1. The molecule has 1 aromatic rings. The molecule has 6 nitrogen and oxygen atoms in total. The molecule has 20 heavy (non-hydrogen) atoms. The molecule has 1 heterocycles. The first-order valence-electron chi connectivity index (χ1n) is 7.12. The molecule has 2 N–H and O–H groups in total. The van der Waals surface area contributed by atoms with Crippen molar-refractivity contribution in [2.75, 3.05) is 19.8 Å². The van der Waals surface area contributed by atoms with Crippen LogP contribution in [0.4, 0.5) is 0 Å². The van der Waals surface area contributed by atoms with Crippen LogP contribution in [-0.2, 0) is 11.3 Å². The van der Waals surface area contributed by atoms with Crippen LogP contribution in [0.3, 0.4) is 0 Å². The number of allylic oxidation sites excluding steroid dienone is 2. The predicted octanol–water partition coefficient (Wildman–Crippen LogP) is 1.14. The second-order valence-electron chi connectivity index (χ2n) is 5.35. The van der Waals surface area contributed by atoms with Gasteiger partial charge in [0.05, 0.1) is 25.9 Å². The Hall–Kier alpha value is -1.24. The molecule has 1 aliphatic rings. The molecular formula is C14H23N3O3. The summed E-state index contributed by atoms with van der Waals surface area (Å²) in [5, 5.41) is 16.5. The van der Waals surface area contributed by atoms with Gasteiger partial charge in [0.2, 0.25) is 6.39 Å². The fourth-order valence-corrected chi connectivity index (χ4v) is 2.27. The van der Waals surface area contributed by atoms with Gasteiger partial charge in [-0.25, -0.2) is 0 Å². The Morgan fingerprint density at radius 3 is 3.10 bits per heavy atom. The second-order valence-corrected chi connectivity index (χ2v) is 5.35. The first kappa shape index (κ1) is 15.2. The molecular weight excluding hydrogens is 258 g/mol. The number of aromatic nitrogens is 2. The van der Waals surface area contributed by atoms with Crippen molar-refractivity contribution in [1.82, 2.24) is 15.5 Å². The maximum absolute atomic E-state index is 9.81. The first-order chi connectivity index (χ1) is 9.75. The number of ether oxygens (including phenoxy) is 1. The average molecular weight is 281 g/mol. The molecule has 1 aromatic heterocycles. The molecule has 3 unspecified atom stereocenters. The van der Waals surface area contributed by atoms with E-state index in [1.807, 2.05) is 0 Å². The molecule has 1 aliphatic carbocycles. The molecule has 0 amide bonds. The summed E-state index contributed by atoms with van der Waals surface area (Å²) in [5.74, 6) is 1.81. The highest BCUT2D eigenvalue weighted by Gasteiger charge is 2.18. The minimum atomic E-state index is -0.517. The Kier molecular flexibility index (Phi) is 6.17. The van der Waals surface area contributed by atoms with E-state index in [0.717, 1.165) is 12.8 Å². The summed E-state index contributed by atoms with van der Waals surface area (Å²) in [4.78, 5) is 3.89. The number of aliphatic hydroxyl groups is 1. The summed E-state index contributed by atoms with van der Waals surface area (Å²) in [6.45, 7) is 4.26. The van der Waals surface area contributed by atoms with Crippen LogP contribution in [0.15, 0.2) is 23.1 Å². The van der Waals surface area contributed by atoms with E-state index in [2.05, 4.69) is 39.1 Å². The zero-order chi connectivity index (χ0) is 14.2. The van der Waals surface area contributed by atoms with Gasteiger partial charge >= 0.3 is 0 Å². The molecule has 112 valence electrons. The van der Waals surface area contributed by atoms with Crippen LogP contribution in [0, 0.1) is 11.8 Å². The fourth-order valence-electron chi connectivity index (χ4n) is 2.27. The van der Waals surface area contributed by atoms with E-state index in [1.165, 1.54) is 6.39 Å². The third-order valence-corrected chi connectivity index (χ3v) is 3.63. The second kappa shape index (κ2) is 8.14. The van der Waals surface area contributed by atoms with Crippen LogP contribution in [0.5, 0.6) is 0 Å². The van der Waals surface area contributed by atoms with Crippen molar-refractivity contribution in [1.29, 1.82) is 0 Å².